The molecule has 106 valence electrons. The predicted octanol–water partition coefficient (Wildman–Crippen LogP) is 3.99. The molecule has 0 saturated heterocycles. The van der Waals surface area contributed by atoms with Crippen LogP contribution in [0.15, 0.2) is 42.5 Å². The van der Waals surface area contributed by atoms with Crippen molar-refractivity contribution in [1.29, 1.82) is 0 Å². The van der Waals surface area contributed by atoms with Crippen LogP contribution in [0.5, 0.6) is 5.75 Å². The van der Waals surface area contributed by atoms with Crippen molar-refractivity contribution in [1.82, 2.24) is 5.32 Å². The molecule has 0 spiro atoms. The number of likely N-dealkylation sites (N-methyl/N-ethyl adjacent to an activating group) is 1. The Bertz CT molecular complexity index is 588. The maximum absolute atomic E-state index is 13.4. The van der Waals surface area contributed by atoms with E-state index in [0.717, 1.165) is 16.9 Å². The van der Waals surface area contributed by atoms with Gasteiger partial charge in [-0.1, -0.05) is 29.8 Å². The van der Waals surface area contributed by atoms with Crippen LogP contribution in [0.4, 0.5) is 4.39 Å². The monoisotopic (exact) mass is 293 g/mol. The maximum atomic E-state index is 13.4. The molecular formula is C16H17ClFNO. The van der Waals surface area contributed by atoms with E-state index in [4.69, 9.17) is 16.3 Å². The van der Waals surface area contributed by atoms with E-state index in [2.05, 4.69) is 5.32 Å². The van der Waals surface area contributed by atoms with Gasteiger partial charge in [0, 0.05) is 11.1 Å². The molecule has 0 saturated carbocycles. The lowest BCUT2D eigenvalue weighted by atomic mass is 9.98. The van der Waals surface area contributed by atoms with E-state index >= 15 is 0 Å². The second-order valence-electron chi connectivity index (χ2n) is 4.52. The molecule has 2 rings (SSSR count). The molecule has 2 nitrogen and oxygen atoms in total. The van der Waals surface area contributed by atoms with Gasteiger partial charge in [-0.2, -0.15) is 0 Å². The quantitative estimate of drug-likeness (QED) is 0.900. The number of para-hydroxylation sites is 1. The normalized spacial score (nSPS) is 12.2. The summed E-state index contributed by atoms with van der Waals surface area (Å²) in [6, 6.07) is 12.1. The Labute approximate surface area is 123 Å². The molecule has 0 aliphatic carbocycles. The van der Waals surface area contributed by atoms with Crippen molar-refractivity contribution in [2.24, 2.45) is 0 Å². The van der Waals surface area contributed by atoms with Crippen molar-refractivity contribution in [3.05, 3.63) is 64.4 Å². The highest BCUT2D eigenvalue weighted by atomic mass is 35.5. The topological polar surface area (TPSA) is 21.3 Å². The van der Waals surface area contributed by atoms with Crippen molar-refractivity contribution in [2.45, 2.75) is 12.5 Å². The Hall–Kier alpha value is -1.58. The second-order valence-corrected chi connectivity index (χ2v) is 4.93. The zero-order valence-electron chi connectivity index (χ0n) is 11.5. The van der Waals surface area contributed by atoms with Gasteiger partial charge in [-0.05, 0) is 48.9 Å². The van der Waals surface area contributed by atoms with Crippen LogP contribution in [0, 0.1) is 5.82 Å². The summed E-state index contributed by atoms with van der Waals surface area (Å²) in [6.07, 6.45) is 0.670. The van der Waals surface area contributed by atoms with E-state index < -0.39 is 0 Å². The molecule has 1 atom stereocenters. The third-order valence-electron chi connectivity index (χ3n) is 3.30. The fourth-order valence-corrected chi connectivity index (χ4v) is 2.49. The van der Waals surface area contributed by atoms with E-state index in [0.29, 0.717) is 11.4 Å². The van der Waals surface area contributed by atoms with E-state index in [-0.39, 0.29) is 11.9 Å². The van der Waals surface area contributed by atoms with Crippen molar-refractivity contribution < 1.29 is 9.13 Å². The summed E-state index contributed by atoms with van der Waals surface area (Å²) < 4.78 is 18.8. The molecule has 0 aromatic heterocycles. The van der Waals surface area contributed by atoms with Crippen LogP contribution in [-0.2, 0) is 6.42 Å². The fraction of sp³-hybridized carbons (Fsp3) is 0.250. The van der Waals surface area contributed by atoms with Crippen LogP contribution in [0.3, 0.4) is 0 Å². The van der Waals surface area contributed by atoms with Gasteiger partial charge in [0.1, 0.15) is 11.6 Å². The van der Waals surface area contributed by atoms with E-state index in [1.54, 1.807) is 13.2 Å². The highest BCUT2D eigenvalue weighted by molar-refractivity contribution is 6.31. The number of hydrogen-bond donors (Lipinski definition) is 1. The molecule has 0 aliphatic heterocycles. The minimum atomic E-state index is -0.287. The van der Waals surface area contributed by atoms with Crippen LogP contribution in [0.2, 0.25) is 5.02 Å². The third-order valence-corrected chi connectivity index (χ3v) is 3.64. The molecule has 2 aromatic carbocycles. The van der Waals surface area contributed by atoms with Gasteiger partial charge in [-0.15, -0.1) is 0 Å². The number of hydrogen-bond acceptors (Lipinski definition) is 2. The zero-order chi connectivity index (χ0) is 14.5. The summed E-state index contributed by atoms with van der Waals surface area (Å²) in [5, 5.41) is 3.74. The lowest BCUT2D eigenvalue weighted by molar-refractivity contribution is 0.406. The number of rotatable bonds is 5. The molecule has 0 fully saturated rings. The Morgan fingerprint density at radius 3 is 2.70 bits per heavy atom. The smallest absolute Gasteiger partial charge is 0.123 e. The van der Waals surface area contributed by atoms with Crippen LogP contribution in [-0.4, -0.2) is 14.2 Å². The average Bonchev–Trinajstić information content (AvgIpc) is 2.48. The largest absolute Gasteiger partial charge is 0.496 e. The van der Waals surface area contributed by atoms with Crippen LogP contribution >= 0.6 is 11.6 Å². The highest BCUT2D eigenvalue weighted by Crippen LogP contribution is 2.29. The van der Waals surface area contributed by atoms with E-state index in [1.807, 2.05) is 31.3 Å². The van der Waals surface area contributed by atoms with Gasteiger partial charge in [0.15, 0.2) is 0 Å². The Morgan fingerprint density at radius 2 is 2.00 bits per heavy atom. The molecule has 4 heteroatoms. The molecule has 0 aliphatic rings. The van der Waals surface area contributed by atoms with Gasteiger partial charge in [0.25, 0.3) is 0 Å². The number of methoxy groups -OCH3 is 1. The highest BCUT2D eigenvalue weighted by Gasteiger charge is 2.16. The molecule has 1 N–H and O–H groups in total. The number of benzene rings is 2. The van der Waals surface area contributed by atoms with Gasteiger partial charge in [0.2, 0.25) is 0 Å². The van der Waals surface area contributed by atoms with Crippen molar-refractivity contribution in [3.63, 3.8) is 0 Å². The molecule has 0 bridgehead atoms. The molecule has 0 heterocycles. The first kappa shape index (κ1) is 14.8. The molecular weight excluding hydrogens is 277 g/mol. The number of ether oxygens (including phenoxy) is 1. The van der Waals surface area contributed by atoms with Crippen molar-refractivity contribution in [2.75, 3.05) is 14.2 Å². The number of nitrogens with one attached hydrogen (secondary N) is 1. The van der Waals surface area contributed by atoms with Gasteiger partial charge < -0.3 is 10.1 Å². The summed E-state index contributed by atoms with van der Waals surface area (Å²) in [5.41, 5.74) is 1.80. The van der Waals surface area contributed by atoms with Crippen molar-refractivity contribution in [3.8, 4) is 5.75 Å². The minimum absolute atomic E-state index is 0.0745. The summed E-state index contributed by atoms with van der Waals surface area (Å²) in [4.78, 5) is 0. The molecule has 20 heavy (non-hydrogen) atoms. The first-order chi connectivity index (χ1) is 9.65. The summed E-state index contributed by atoms with van der Waals surface area (Å²) >= 11 is 6.17. The van der Waals surface area contributed by atoms with Gasteiger partial charge in [0.05, 0.1) is 7.11 Å². The molecule has 0 amide bonds. The standard InChI is InChI=1S/C16H17ClFNO/c1-19-15(13-10-12(18)7-8-14(13)17)9-11-5-3-4-6-16(11)20-2/h3-8,10,15,19H,9H2,1-2H3. The Kier molecular flexibility index (Phi) is 4.99. The first-order valence-electron chi connectivity index (χ1n) is 6.39. The van der Waals surface area contributed by atoms with Crippen LogP contribution in [0.1, 0.15) is 17.2 Å². The summed E-state index contributed by atoms with van der Waals surface area (Å²) in [7, 11) is 3.48. The summed E-state index contributed by atoms with van der Waals surface area (Å²) in [6.45, 7) is 0. The lowest BCUT2D eigenvalue weighted by Gasteiger charge is -2.19. The zero-order valence-corrected chi connectivity index (χ0v) is 12.2. The minimum Gasteiger partial charge on any atom is -0.496 e. The Morgan fingerprint density at radius 1 is 1.25 bits per heavy atom. The van der Waals surface area contributed by atoms with E-state index in [1.165, 1.54) is 12.1 Å². The predicted molar refractivity (Wildman–Crippen MR) is 79.9 cm³/mol. The summed E-state index contributed by atoms with van der Waals surface area (Å²) in [5.74, 6) is 0.532. The van der Waals surface area contributed by atoms with Crippen LogP contribution in [0.25, 0.3) is 0 Å². The Balaban J connectivity index is 2.31. The maximum Gasteiger partial charge on any atom is 0.123 e. The van der Waals surface area contributed by atoms with Crippen molar-refractivity contribution >= 4 is 11.6 Å². The van der Waals surface area contributed by atoms with Gasteiger partial charge >= 0.3 is 0 Å². The van der Waals surface area contributed by atoms with E-state index in [9.17, 15) is 4.39 Å². The fourth-order valence-electron chi connectivity index (χ4n) is 2.24. The SMILES string of the molecule is CNC(Cc1ccccc1OC)c1cc(F)ccc1Cl. The van der Waals surface area contributed by atoms with Gasteiger partial charge in [-0.25, -0.2) is 4.39 Å². The number of halogens is 2. The van der Waals surface area contributed by atoms with Crippen LogP contribution < -0.4 is 10.1 Å². The van der Waals surface area contributed by atoms with Gasteiger partial charge in [-0.3, -0.25) is 0 Å². The second kappa shape index (κ2) is 6.73. The molecule has 0 radical (unpaired) electrons. The third kappa shape index (κ3) is 3.30. The molecule has 2 aromatic rings. The average molecular weight is 294 g/mol. The lowest BCUT2D eigenvalue weighted by Crippen LogP contribution is -2.19. The first-order valence-corrected chi connectivity index (χ1v) is 6.77. The molecule has 1 unspecified atom stereocenters.